The van der Waals surface area contributed by atoms with Crippen molar-refractivity contribution in [3.8, 4) is 11.5 Å². The van der Waals surface area contributed by atoms with E-state index in [1.807, 2.05) is 45.0 Å². The van der Waals surface area contributed by atoms with Crippen molar-refractivity contribution >= 4 is 5.82 Å². The molecule has 0 amide bonds. The van der Waals surface area contributed by atoms with Gasteiger partial charge in [-0.25, -0.2) is 4.98 Å². The van der Waals surface area contributed by atoms with Crippen molar-refractivity contribution in [1.82, 2.24) is 15.1 Å². The van der Waals surface area contributed by atoms with Crippen LogP contribution in [-0.2, 0) is 4.74 Å². The summed E-state index contributed by atoms with van der Waals surface area (Å²) < 4.78 is 16.3. The Bertz CT molecular complexity index is 825. The predicted molar refractivity (Wildman–Crippen MR) is 93.3 cm³/mol. The molecule has 0 saturated carbocycles. The fraction of sp³-hybridized carbons (Fsp3) is 0.389. The summed E-state index contributed by atoms with van der Waals surface area (Å²) in [6.07, 6.45) is 1.70. The highest BCUT2D eigenvalue weighted by molar-refractivity contribution is 5.58. The zero-order valence-electron chi connectivity index (χ0n) is 14.8. The molecule has 0 bridgehead atoms. The molecule has 1 N–H and O–H groups in total. The smallest absolute Gasteiger partial charge is 0.258 e. The van der Waals surface area contributed by atoms with E-state index in [1.165, 1.54) is 0 Å². The lowest BCUT2D eigenvalue weighted by atomic mass is 10.2. The van der Waals surface area contributed by atoms with E-state index in [0.717, 1.165) is 17.1 Å². The second-order valence-corrected chi connectivity index (χ2v) is 6.14. The van der Waals surface area contributed by atoms with Gasteiger partial charge in [-0.3, -0.25) is 0 Å². The lowest BCUT2D eigenvalue weighted by Crippen LogP contribution is -2.16. The zero-order chi connectivity index (χ0) is 17.8. The average molecular weight is 342 g/mol. The lowest BCUT2D eigenvalue weighted by Gasteiger charge is -2.16. The van der Waals surface area contributed by atoms with E-state index >= 15 is 0 Å². The van der Waals surface area contributed by atoms with Crippen LogP contribution >= 0.6 is 0 Å². The molecule has 7 nitrogen and oxygen atoms in total. The Hall–Kier alpha value is -2.67. The topological polar surface area (TPSA) is 86.2 Å². The number of rotatable bonds is 7. The summed E-state index contributed by atoms with van der Waals surface area (Å²) in [6, 6.07) is 7.43. The number of furan rings is 1. The Morgan fingerprint density at radius 3 is 2.72 bits per heavy atom. The van der Waals surface area contributed by atoms with Gasteiger partial charge < -0.3 is 19.0 Å². The van der Waals surface area contributed by atoms with Crippen molar-refractivity contribution in [2.75, 3.05) is 19.0 Å². The first-order valence-corrected chi connectivity index (χ1v) is 8.18. The minimum Gasteiger partial charge on any atom is -0.464 e. The van der Waals surface area contributed by atoms with Crippen molar-refractivity contribution in [3.63, 3.8) is 0 Å². The predicted octanol–water partition coefficient (Wildman–Crippen LogP) is 3.96. The van der Waals surface area contributed by atoms with E-state index < -0.39 is 0 Å². The van der Waals surface area contributed by atoms with Crippen molar-refractivity contribution in [2.45, 2.75) is 32.7 Å². The van der Waals surface area contributed by atoms with Gasteiger partial charge in [0.05, 0.1) is 6.61 Å². The number of anilines is 1. The Balaban J connectivity index is 1.82. The maximum atomic E-state index is 5.70. The first-order valence-electron chi connectivity index (χ1n) is 8.18. The maximum Gasteiger partial charge on any atom is 0.258 e. The number of nitrogens with one attached hydrogen (secondary N) is 1. The van der Waals surface area contributed by atoms with Gasteiger partial charge in [0.15, 0.2) is 5.82 Å². The van der Waals surface area contributed by atoms with E-state index in [-0.39, 0.29) is 12.0 Å². The number of ether oxygens (including phenoxy) is 1. The number of aromatic nitrogens is 3. The fourth-order valence-corrected chi connectivity index (χ4v) is 2.41. The standard InChI is InChI=1S/C18H22N4O3/c1-11(2)17-21-18(25-22-17)13-7-8-19-16(9-13)20-14(10-23-4)15-6-5-12(3)24-15/h5-9,11,14H,10H2,1-4H3,(H,19,20). The monoisotopic (exact) mass is 342 g/mol. The van der Waals surface area contributed by atoms with Gasteiger partial charge in [-0.2, -0.15) is 4.98 Å². The third kappa shape index (κ3) is 4.06. The van der Waals surface area contributed by atoms with Crippen molar-refractivity contribution < 1.29 is 13.7 Å². The quantitative estimate of drug-likeness (QED) is 0.695. The van der Waals surface area contributed by atoms with E-state index in [2.05, 4.69) is 20.4 Å². The SMILES string of the molecule is COCC(Nc1cc(-c2nc(C(C)C)no2)ccn1)c1ccc(C)o1. The highest BCUT2D eigenvalue weighted by Gasteiger charge is 2.17. The molecule has 3 heterocycles. The van der Waals surface area contributed by atoms with Crippen LogP contribution in [0.2, 0.25) is 0 Å². The molecular weight excluding hydrogens is 320 g/mol. The number of aryl methyl sites for hydroxylation is 1. The molecule has 1 atom stereocenters. The fourth-order valence-electron chi connectivity index (χ4n) is 2.41. The summed E-state index contributed by atoms with van der Waals surface area (Å²) in [5, 5.41) is 7.33. The molecular formula is C18H22N4O3. The zero-order valence-corrected chi connectivity index (χ0v) is 14.8. The van der Waals surface area contributed by atoms with Crippen molar-refractivity contribution in [2.24, 2.45) is 0 Å². The molecule has 0 aromatic carbocycles. The van der Waals surface area contributed by atoms with Crippen LogP contribution in [-0.4, -0.2) is 28.8 Å². The summed E-state index contributed by atoms with van der Waals surface area (Å²) in [5.74, 6) is 3.71. The van der Waals surface area contributed by atoms with Crippen LogP contribution < -0.4 is 5.32 Å². The Kier molecular flexibility index (Phi) is 5.14. The summed E-state index contributed by atoms with van der Waals surface area (Å²) in [4.78, 5) is 8.78. The normalized spacial score (nSPS) is 12.5. The molecule has 0 aliphatic heterocycles. The van der Waals surface area contributed by atoms with Crippen molar-refractivity contribution in [3.05, 3.63) is 47.8 Å². The van der Waals surface area contributed by atoms with Gasteiger partial charge in [0, 0.05) is 24.8 Å². The van der Waals surface area contributed by atoms with E-state index in [0.29, 0.717) is 24.1 Å². The van der Waals surface area contributed by atoms with Crippen molar-refractivity contribution in [1.29, 1.82) is 0 Å². The third-order valence-electron chi connectivity index (χ3n) is 3.73. The van der Waals surface area contributed by atoms with Gasteiger partial charge >= 0.3 is 0 Å². The number of nitrogens with zero attached hydrogens (tertiary/aromatic N) is 3. The number of methoxy groups -OCH3 is 1. The van der Waals surface area contributed by atoms with Gasteiger partial charge in [-0.1, -0.05) is 19.0 Å². The molecule has 7 heteroatoms. The first-order chi connectivity index (χ1) is 12.1. The van der Waals surface area contributed by atoms with Crippen LogP contribution in [0.4, 0.5) is 5.82 Å². The number of pyridine rings is 1. The lowest BCUT2D eigenvalue weighted by molar-refractivity contribution is 0.178. The van der Waals surface area contributed by atoms with E-state index in [9.17, 15) is 0 Å². The van der Waals surface area contributed by atoms with Gasteiger partial charge in [0.2, 0.25) is 0 Å². The number of hydrogen-bond acceptors (Lipinski definition) is 7. The summed E-state index contributed by atoms with van der Waals surface area (Å²) in [7, 11) is 1.65. The van der Waals surface area contributed by atoms with Gasteiger partial charge in [0.1, 0.15) is 23.4 Å². The van der Waals surface area contributed by atoms with Crippen LogP contribution in [0.5, 0.6) is 0 Å². The van der Waals surface area contributed by atoms with Crippen LogP contribution in [0, 0.1) is 6.92 Å². The highest BCUT2D eigenvalue weighted by atomic mass is 16.5. The molecule has 0 radical (unpaired) electrons. The molecule has 3 rings (SSSR count). The van der Waals surface area contributed by atoms with Crippen LogP contribution in [0.15, 0.2) is 39.4 Å². The molecule has 0 saturated heterocycles. The molecule has 3 aromatic heterocycles. The molecule has 132 valence electrons. The largest absolute Gasteiger partial charge is 0.464 e. The molecule has 0 spiro atoms. The Labute approximate surface area is 146 Å². The highest BCUT2D eigenvalue weighted by Crippen LogP contribution is 2.25. The Morgan fingerprint density at radius 1 is 1.24 bits per heavy atom. The van der Waals surface area contributed by atoms with Gasteiger partial charge in [-0.15, -0.1) is 0 Å². The van der Waals surface area contributed by atoms with E-state index in [4.69, 9.17) is 13.7 Å². The number of hydrogen-bond donors (Lipinski definition) is 1. The minimum atomic E-state index is -0.143. The second-order valence-electron chi connectivity index (χ2n) is 6.14. The van der Waals surface area contributed by atoms with Gasteiger partial charge in [-0.05, 0) is 31.2 Å². The second kappa shape index (κ2) is 7.48. The maximum absolute atomic E-state index is 5.70. The van der Waals surface area contributed by atoms with Gasteiger partial charge in [0.25, 0.3) is 5.89 Å². The molecule has 3 aromatic rings. The first kappa shape index (κ1) is 17.2. The summed E-state index contributed by atoms with van der Waals surface area (Å²) in [5.41, 5.74) is 0.809. The molecule has 0 aliphatic rings. The average Bonchev–Trinajstić information content (AvgIpc) is 3.24. The molecule has 25 heavy (non-hydrogen) atoms. The Morgan fingerprint density at radius 2 is 2.08 bits per heavy atom. The molecule has 0 fully saturated rings. The van der Waals surface area contributed by atoms with Crippen LogP contribution in [0.25, 0.3) is 11.5 Å². The minimum absolute atomic E-state index is 0.143. The molecule has 1 unspecified atom stereocenters. The summed E-state index contributed by atoms with van der Waals surface area (Å²) in [6.45, 7) is 6.41. The van der Waals surface area contributed by atoms with Crippen LogP contribution in [0.3, 0.4) is 0 Å². The third-order valence-corrected chi connectivity index (χ3v) is 3.73. The summed E-state index contributed by atoms with van der Waals surface area (Å²) >= 11 is 0. The molecule has 0 aliphatic carbocycles. The van der Waals surface area contributed by atoms with Crippen LogP contribution in [0.1, 0.15) is 43.2 Å². The van der Waals surface area contributed by atoms with E-state index in [1.54, 1.807) is 13.3 Å².